The molecule has 0 saturated heterocycles. The largest absolute Gasteiger partial charge is 0.206 e. The number of halogens is 2. The molecule has 0 bridgehead atoms. The van der Waals surface area contributed by atoms with E-state index in [2.05, 4.69) is 0 Å². The number of hydrogen-bond donors (Lipinski definition) is 0. The summed E-state index contributed by atoms with van der Waals surface area (Å²) in [5.74, 6) is -0.986. The summed E-state index contributed by atoms with van der Waals surface area (Å²) in [6, 6.07) is 3.84. The Labute approximate surface area is 62.3 Å². The SMILES string of the molecule is CSc1c(F)cccc1F. The van der Waals surface area contributed by atoms with Crippen LogP contribution in [0.4, 0.5) is 8.78 Å². The topological polar surface area (TPSA) is 0 Å². The molecule has 0 spiro atoms. The van der Waals surface area contributed by atoms with E-state index >= 15 is 0 Å². The standard InChI is InChI=1S/C7H6F2S/c1-10-7-5(8)3-2-4-6(7)9/h2-4H,1H3. The lowest BCUT2D eigenvalue weighted by molar-refractivity contribution is 0.541. The van der Waals surface area contributed by atoms with E-state index in [1.54, 1.807) is 6.26 Å². The summed E-state index contributed by atoms with van der Waals surface area (Å²) in [6.07, 6.45) is 1.64. The summed E-state index contributed by atoms with van der Waals surface area (Å²) in [5, 5.41) is 0. The first-order valence-electron chi connectivity index (χ1n) is 2.73. The zero-order valence-electron chi connectivity index (χ0n) is 5.40. The van der Waals surface area contributed by atoms with Gasteiger partial charge in [0.2, 0.25) is 0 Å². The quantitative estimate of drug-likeness (QED) is 0.569. The Morgan fingerprint density at radius 3 is 2.00 bits per heavy atom. The maximum Gasteiger partial charge on any atom is 0.139 e. The third kappa shape index (κ3) is 1.29. The third-order valence-electron chi connectivity index (χ3n) is 1.12. The smallest absolute Gasteiger partial charge is 0.139 e. The Morgan fingerprint density at radius 2 is 1.70 bits per heavy atom. The van der Waals surface area contributed by atoms with Crippen molar-refractivity contribution in [3.63, 3.8) is 0 Å². The van der Waals surface area contributed by atoms with Gasteiger partial charge >= 0.3 is 0 Å². The highest BCUT2D eigenvalue weighted by Gasteiger charge is 2.04. The highest BCUT2D eigenvalue weighted by Crippen LogP contribution is 2.21. The Kier molecular flexibility index (Phi) is 2.27. The molecule has 1 aromatic carbocycles. The lowest BCUT2D eigenvalue weighted by Crippen LogP contribution is -1.84. The zero-order valence-corrected chi connectivity index (χ0v) is 6.21. The number of hydrogen-bond acceptors (Lipinski definition) is 1. The van der Waals surface area contributed by atoms with Gasteiger partial charge < -0.3 is 0 Å². The number of rotatable bonds is 1. The molecular formula is C7H6F2S. The molecule has 0 aliphatic heterocycles. The molecule has 1 rings (SSSR count). The molecular weight excluding hydrogens is 154 g/mol. The normalized spacial score (nSPS) is 9.90. The van der Waals surface area contributed by atoms with E-state index in [0.29, 0.717) is 0 Å². The highest BCUT2D eigenvalue weighted by molar-refractivity contribution is 7.98. The van der Waals surface area contributed by atoms with Crippen LogP contribution >= 0.6 is 11.8 Å². The molecule has 0 aromatic heterocycles. The Morgan fingerprint density at radius 1 is 1.20 bits per heavy atom. The van der Waals surface area contributed by atoms with E-state index in [1.807, 2.05) is 0 Å². The number of thioether (sulfide) groups is 1. The summed E-state index contributed by atoms with van der Waals surface area (Å²) in [7, 11) is 0. The van der Waals surface area contributed by atoms with Crippen LogP contribution in [0.15, 0.2) is 23.1 Å². The minimum atomic E-state index is -0.493. The third-order valence-corrected chi connectivity index (χ3v) is 1.92. The minimum Gasteiger partial charge on any atom is -0.206 e. The lowest BCUT2D eigenvalue weighted by Gasteiger charge is -1.97. The van der Waals surface area contributed by atoms with Crippen LogP contribution in [0.25, 0.3) is 0 Å². The first kappa shape index (κ1) is 7.54. The molecule has 54 valence electrons. The average Bonchev–Trinajstić information content (AvgIpc) is 1.88. The van der Waals surface area contributed by atoms with Gasteiger partial charge in [-0.2, -0.15) is 0 Å². The van der Waals surface area contributed by atoms with Crippen molar-refractivity contribution in [1.82, 2.24) is 0 Å². The fraction of sp³-hybridized carbons (Fsp3) is 0.143. The molecule has 0 aliphatic carbocycles. The van der Waals surface area contributed by atoms with E-state index < -0.39 is 11.6 Å². The minimum absolute atomic E-state index is 0.0856. The second kappa shape index (κ2) is 3.01. The van der Waals surface area contributed by atoms with Gasteiger partial charge in [0.15, 0.2) is 0 Å². The van der Waals surface area contributed by atoms with Crippen LogP contribution in [0.3, 0.4) is 0 Å². The second-order valence-corrected chi connectivity index (χ2v) is 2.57. The molecule has 3 heteroatoms. The zero-order chi connectivity index (χ0) is 7.56. The second-order valence-electron chi connectivity index (χ2n) is 1.75. The molecule has 0 heterocycles. The molecule has 0 N–H and O–H groups in total. The van der Waals surface area contributed by atoms with E-state index in [4.69, 9.17) is 0 Å². The lowest BCUT2D eigenvalue weighted by atomic mass is 10.3. The van der Waals surface area contributed by atoms with Gasteiger partial charge in [-0.3, -0.25) is 0 Å². The first-order valence-corrected chi connectivity index (χ1v) is 3.96. The molecule has 1 aromatic rings. The summed E-state index contributed by atoms with van der Waals surface area (Å²) >= 11 is 1.07. The van der Waals surface area contributed by atoms with Crippen molar-refractivity contribution in [2.24, 2.45) is 0 Å². The maximum absolute atomic E-state index is 12.6. The molecule has 0 fully saturated rings. The number of benzene rings is 1. The van der Waals surface area contributed by atoms with Gasteiger partial charge in [-0.15, -0.1) is 11.8 Å². The molecule has 0 amide bonds. The van der Waals surface area contributed by atoms with Crippen molar-refractivity contribution in [2.45, 2.75) is 4.90 Å². The van der Waals surface area contributed by atoms with Gasteiger partial charge in [-0.05, 0) is 18.4 Å². The Balaban J connectivity index is 3.17. The Hall–Kier alpha value is -0.570. The summed E-state index contributed by atoms with van der Waals surface area (Å²) in [4.78, 5) is 0.0856. The van der Waals surface area contributed by atoms with Crippen LogP contribution in [-0.2, 0) is 0 Å². The van der Waals surface area contributed by atoms with Gasteiger partial charge in [0.05, 0.1) is 4.90 Å². The van der Waals surface area contributed by atoms with Gasteiger partial charge in [0.1, 0.15) is 11.6 Å². The average molecular weight is 160 g/mol. The van der Waals surface area contributed by atoms with Crippen molar-refractivity contribution in [1.29, 1.82) is 0 Å². The molecule has 0 unspecified atom stereocenters. The van der Waals surface area contributed by atoms with E-state index in [-0.39, 0.29) is 4.90 Å². The van der Waals surface area contributed by atoms with Crippen LogP contribution < -0.4 is 0 Å². The predicted octanol–water partition coefficient (Wildman–Crippen LogP) is 2.69. The van der Waals surface area contributed by atoms with Crippen LogP contribution in [0, 0.1) is 11.6 Å². The van der Waals surface area contributed by atoms with Crippen molar-refractivity contribution >= 4 is 11.8 Å². The molecule has 0 atom stereocenters. The van der Waals surface area contributed by atoms with Crippen molar-refractivity contribution in [3.05, 3.63) is 29.8 Å². The van der Waals surface area contributed by atoms with Crippen LogP contribution in [0.1, 0.15) is 0 Å². The molecule has 0 saturated carbocycles. The van der Waals surface area contributed by atoms with Crippen molar-refractivity contribution < 1.29 is 8.78 Å². The summed E-state index contributed by atoms with van der Waals surface area (Å²) < 4.78 is 25.2. The first-order chi connectivity index (χ1) is 4.75. The molecule has 0 nitrogen and oxygen atoms in total. The monoisotopic (exact) mass is 160 g/mol. The van der Waals surface area contributed by atoms with E-state index in [1.165, 1.54) is 18.2 Å². The van der Waals surface area contributed by atoms with Crippen LogP contribution in [0.5, 0.6) is 0 Å². The van der Waals surface area contributed by atoms with Gasteiger partial charge in [0, 0.05) is 0 Å². The van der Waals surface area contributed by atoms with Crippen LogP contribution in [0.2, 0.25) is 0 Å². The van der Waals surface area contributed by atoms with E-state index in [0.717, 1.165) is 11.8 Å². The highest BCUT2D eigenvalue weighted by atomic mass is 32.2. The Bertz CT molecular complexity index is 215. The predicted molar refractivity (Wildman–Crippen MR) is 38.1 cm³/mol. The summed E-state index contributed by atoms with van der Waals surface area (Å²) in [6.45, 7) is 0. The summed E-state index contributed by atoms with van der Waals surface area (Å²) in [5.41, 5.74) is 0. The van der Waals surface area contributed by atoms with E-state index in [9.17, 15) is 8.78 Å². The van der Waals surface area contributed by atoms with Gasteiger partial charge in [-0.1, -0.05) is 6.07 Å². The molecule has 0 aliphatic rings. The molecule has 0 radical (unpaired) electrons. The maximum atomic E-state index is 12.6. The van der Waals surface area contributed by atoms with Gasteiger partial charge in [-0.25, -0.2) is 8.78 Å². The fourth-order valence-corrected chi connectivity index (χ4v) is 1.20. The van der Waals surface area contributed by atoms with Crippen LogP contribution in [-0.4, -0.2) is 6.26 Å². The van der Waals surface area contributed by atoms with Crippen molar-refractivity contribution in [3.8, 4) is 0 Å². The fourth-order valence-electron chi connectivity index (χ4n) is 0.678. The molecule has 10 heavy (non-hydrogen) atoms. The van der Waals surface area contributed by atoms with Crippen molar-refractivity contribution in [2.75, 3.05) is 6.26 Å². The van der Waals surface area contributed by atoms with Gasteiger partial charge in [0.25, 0.3) is 0 Å².